The number of sulfone groups is 1. The number of aromatic nitrogens is 1. The highest BCUT2D eigenvalue weighted by Crippen LogP contribution is 2.22. The van der Waals surface area contributed by atoms with Gasteiger partial charge in [-0.2, -0.15) is 0 Å². The van der Waals surface area contributed by atoms with Crippen LogP contribution in [0.25, 0.3) is 10.9 Å². The first kappa shape index (κ1) is 16.0. The summed E-state index contributed by atoms with van der Waals surface area (Å²) in [6.45, 7) is 6.30. The Morgan fingerprint density at radius 2 is 1.90 bits per heavy atom. The van der Waals surface area contributed by atoms with Gasteiger partial charge in [-0.1, -0.05) is 18.2 Å². The van der Waals surface area contributed by atoms with E-state index in [9.17, 15) is 8.42 Å². The first-order chi connectivity index (χ1) is 9.76. The van der Waals surface area contributed by atoms with Crippen molar-refractivity contribution in [3.8, 4) is 0 Å². The molecule has 1 heterocycles. The van der Waals surface area contributed by atoms with Crippen LogP contribution in [0.2, 0.25) is 0 Å². The Hall–Kier alpha value is -1.33. The molecule has 2 aromatic rings. The number of hydrogen-bond acceptors (Lipinski definition) is 3. The Kier molecular flexibility index (Phi) is 4.44. The SMILES string of the molecule is CC(C)(C)S(=O)(=O)CCn1ccc2cccc(CCN)c21. The molecule has 0 fully saturated rings. The summed E-state index contributed by atoms with van der Waals surface area (Å²) in [7, 11) is -3.11. The van der Waals surface area contributed by atoms with Gasteiger partial charge in [0.05, 0.1) is 16.0 Å². The normalized spacial score (nSPS) is 13.0. The number of fused-ring (bicyclic) bond motifs is 1. The number of nitrogens with two attached hydrogens (primary N) is 1. The zero-order chi connectivity index (χ0) is 15.7. The Bertz CT molecular complexity index is 724. The second kappa shape index (κ2) is 5.81. The zero-order valence-corrected chi connectivity index (χ0v) is 13.8. The second-order valence-corrected chi connectivity index (χ2v) is 9.20. The molecule has 1 aromatic heterocycles. The van der Waals surface area contributed by atoms with E-state index in [1.165, 1.54) is 5.56 Å². The zero-order valence-electron chi connectivity index (χ0n) is 13.0. The lowest BCUT2D eigenvalue weighted by atomic mass is 10.1. The van der Waals surface area contributed by atoms with Crippen LogP contribution in [0.5, 0.6) is 0 Å². The number of rotatable bonds is 5. The third kappa shape index (κ3) is 3.30. The number of nitrogens with zero attached hydrogens (tertiary/aromatic N) is 1. The Morgan fingerprint density at radius 3 is 2.52 bits per heavy atom. The minimum Gasteiger partial charge on any atom is -0.346 e. The fraction of sp³-hybridized carbons (Fsp3) is 0.500. The number of hydrogen-bond donors (Lipinski definition) is 1. The maximum absolute atomic E-state index is 12.3. The molecule has 1 aromatic carbocycles. The lowest BCUT2D eigenvalue weighted by Gasteiger charge is -2.19. The summed E-state index contributed by atoms with van der Waals surface area (Å²) in [5.74, 6) is 0.150. The minimum atomic E-state index is -3.11. The van der Waals surface area contributed by atoms with Gasteiger partial charge in [0, 0.05) is 12.7 Å². The highest BCUT2D eigenvalue weighted by Gasteiger charge is 2.28. The molecule has 0 amide bonds. The first-order valence-corrected chi connectivity index (χ1v) is 8.90. The van der Waals surface area contributed by atoms with Crippen LogP contribution >= 0.6 is 0 Å². The van der Waals surface area contributed by atoms with Gasteiger partial charge in [-0.15, -0.1) is 0 Å². The van der Waals surface area contributed by atoms with Crippen molar-refractivity contribution >= 4 is 20.7 Å². The van der Waals surface area contributed by atoms with E-state index in [-0.39, 0.29) is 5.75 Å². The maximum atomic E-state index is 12.3. The van der Waals surface area contributed by atoms with Crippen LogP contribution in [-0.2, 0) is 22.8 Å². The topological polar surface area (TPSA) is 65.1 Å². The molecule has 21 heavy (non-hydrogen) atoms. The van der Waals surface area contributed by atoms with Gasteiger partial charge in [0.2, 0.25) is 0 Å². The molecule has 0 aliphatic rings. The van der Waals surface area contributed by atoms with Crippen LogP contribution < -0.4 is 5.73 Å². The standard InChI is InChI=1S/C16H24N2O2S/c1-16(2,3)21(19,20)12-11-18-10-8-14-6-4-5-13(7-9-17)15(14)18/h4-6,8,10H,7,9,11-12,17H2,1-3H3. The molecule has 0 aliphatic carbocycles. The second-order valence-electron chi connectivity index (χ2n) is 6.33. The highest BCUT2D eigenvalue weighted by molar-refractivity contribution is 7.92. The van der Waals surface area contributed by atoms with Gasteiger partial charge < -0.3 is 10.3 Å². The van der Waals surface area contributed by atoms with Crippen molar-refractivity contribution in [1.82, 2.24) is 4.57 Å². The van der Waals surface area contributed by atoms with Crippen molar-refractivity contribution in [1.29, 1.82) is 0 Å². The van der Waals surface area contributed by atoms with E-state index in [0.29, 0.717) is 13.1 Å². The van der Waals surface area contributed by atoms with E-state index in [1.807, 2.05) is 29.0 Å². The van der Waals surface area contributed by atoms with Crippen LogP contribution in [0.4, 0.5) is 0 Å². The fourth-order valence-corrected chi connectivity index (χ4v) is 3.46. The van der Waals surface area contributed by atoms with Crippen LogP contribution in [0.15, 0.2) is 30.5 Å². The molecule has 0 radical (unpaired) electrons. The molecule has 0 atom stereocenters. The van der Waals surface area contributed by atoms with E-state index in [1.54, 1.807) is 20.8 Å². The van der Waals surface area contributed by atoms with Gasteiger partial charge in [0.15, 0.2) is 9.84 Å². The Balaban J connectivity index is 2.32. The maximum Gasteiger partial charge on any atom is 0.156 e. The van der Waals surface area contributed by atoms with Crippen LogP contribution in [-0.4, -0.2) is 30.0 Å². The highest BCUT2D eigenvalue weighted by atomic mass is 32.2. The molecule has 2 rings (SSSR count). The summed E-state index contributed by atoms with van der Waals surface area (Å²) in [6, 6.07) is 8.15. The molecule has 2 N–H and O–H groups in total. The average molecular weight is 308 g/mol. The van der Waals surface area contributed by atoms with Crippen LogP contribution in [0.3, 0.4) is 0 Å². The Labute approximate surface area is 126 Å². The van der Waals surface area contributed by atoms with Crippen molar-refractivity contribution in [3.05, 3.63) is 36.0 Å². The summed E-state index contributed by atoms with van der Waals surface area (Å²) in [4.78, 5) is 0. The van der Waals surface area contributed by atoms with Crippen molar-refractivity contribution in [3.63, 3.8) is 0 Å². The molecule has 0 aliphatic heterocycles. The molecular formula is C16H24N2O2S. The summed E-state index contributed by atoms with van der Waals surface area (Å²) < 4.78 is 25.8. The molecule has 0 saturated heterocycles. The number of benzene rings is 1. The number of aryl methyl sites for hydroxylation is 1. The van der Waals surface area contributed by atoms with Gasteiger partial charge in [-0.3, -0.25) is 0 Å². The summed E-state index contributed by atoms with van der Waals surface area (Å²) in [6.07, 6.45) is 2.76. The lowest BCUT2D eigenvalue weighted by molar-refractivity contribution is 0.554. The molecule has 0 unspecified atom stereocenters. The van der Waals surface area contributed by atoms with Crippen LogP contribution in [0.1, 0.15) is 26.3 Å². The molecule has 4 nitrogen and oxygen atoms in total. The summed E-state index contributed by atoms with van der Waals surface area (Å²) in [5, 5.41) is 1.13. The van der Waals surface area contributed by atoms with Gasteiger partial charge in [-0.25, -0.2) is 8.42 Å². The van der Waals surface area contributed by atoms with Gasteiger partial charge in [-0.05, 0) is 50.8 Å². The molecule has 116 valence electrons. The van der Waals surface area contributed by atoms with Crippen molar-refractivity contribution in [2.45, 2.75) is 38.5 Å². The van der Waals surface area contributed by atoms with E-state index in [4.69, 9.17) is 5.73 Å². The summed E-state index contributed by atoms with van der Waals surface area (Å²) >= 11 is 0. The van der Waals surface area contributed by atoms with E-state index in [0.717, 1.165) is 17.3 Å². The third-order valence-corrected chi connectivity index (χ3v) is 6.41. The number of para-hydroxylation sites is 1. The minimum absolute atomic E-state index is 0.150. The summed E-state index contributed by atoms with van der Waals surface area (Å²) in [5.41, 5.74) is 7.94. The monoisotopic (exact) mass is 308 g/mol. The molecule has 0 spiro atoms. The van der Waals surface area contributed by atoms with Crippen molar-refractivity contribution in [2.75, 3.05) is 12.3 Å². The quantitative estimate of drug-likeness (QED) is 0.922. The molecule has 0 saturated carbocycles. The first-order valence-electron chi connectivity index (χ1n) is 7.25. The average Bonchev–Trinajstić information content (AvgIpc) is 2.80. The predicted molar refractivity (Wildman–Crippen MR) is 88.2 cm³/mol. The van der Waals surface area contributed by atoms with E-state index < -0.39 is 14.6 Å². The lowest BCUT2D eigenvalue weighted by Crippen LogP contribution is -2.31. The van der Waals surface area contributed by atoms with Crippen molar-refractivity contribution < 1.29 is 8.42 Å². The fourth-order valence-electron chi connectivity index (χ4n) is 2.41. The van der Waals surface area contributed by atoms with Gasteiger partial charge >= 0.3 is 0 Å². The molecular weight excluding hydrogens is 284 g/mol. The van der Waals surface area contributed by atoms with Gasteiger partial charge in [0.25, 0.3) is 0 Å². The van der Waals surface area contributed by atoms with E-state index >= 15 is 0 Å². The predicted octanol–water partition coefficient (Wildman–Crippen LogP) is 2.36. The molecule has 5 heteroatoms. The Morgan fingerprint density at radius 1 is 1.19 bits per heavy atom. The molecule has 0 bridgehead atoms. The van der Waals surface area contributed by atoms with Gasteiger partial charge in [0.1, 0.15) is 0 Å². The van der Waals surface area contributed by atoms with Crippen molar-refractivity contribution in [2.24, 2.45) is 5.73 Å². The van der Waals surface area contributed by atoms with Crippen LogP contribution in [0, 0.1) is 0 Å². The third-order valence-electron chi connectivity index (χ3n) is 3.82. The smallest absolute Gasteiger partial charge is 0.156 e. The van der Waals surface area contributed by atoms with E-state index in [2.05, 4.69) is 6.07 Å². The largest absolute Gasteiger partial charge is 0.346 e.